The summed E-state index contributed by atoms with van der Waals surface area (Å²) < 4.78 is 38.8. The van der Waals surface area contributed by atoms with Gasteiger partial charge in [-0.25, -0.2) is 4.98 Å². The standard InChI is InChI=1S/C15H14F3N3/c1-9(15(16,17)18)14-11-5-2-6-13(20)12(11)8-10(21-14)4-3-7-19/h2-6,8H,1,7,19-20H2/b4-3+. The Bertz CT molecular complexity index is 718. The second-order valence-corrected chi connectivity index (χ2v) is 4.45. The summed E-state index contributed by atoms with van der Waals surface area (Å²) in [7, 11) is 0. The van der Waals surface area contributed by atoms with Gasteiger partial charge in [0, 0.05) is 23.0 Å². The van der Waals surface area contributed by atoms with Gasteiger partial charge in [-0.05, 0) is 18.2 Å². The van der Waals surface area contributed by atoms with Crippen LogP contribution >= 0.6 is 0 Å². The summed E-state index contributed by atoms with van der Waals surface area (Å²) in [6.45, 7) is 3.38. The quantitative estimate of drug-likeness (QED) is 0.853. The number of nitrogens with zero attached hydrogens (tertiary/aromatic N) is 1. The van der Waals surface area contributed by atoms with Gasteiger partial charge in [0.1, 0.15) is 0 Å². The number of rotatable bonds is 3. The molecule has 0 unspecified atom stereocenters. The predicted molar refractivity (Wildman–Crippen MR) is 79.3 cm³/mol. The molecule has 0 saturated heterocycles. The zero-order valence-corrected chi connectivity index (χ0v) is 11.1. The van der Waals surface area contributed by atoms with Crippen LogP contribution in [0.2, 0.25) is 0 Å². The number of pyridine rings is 1. The van der Waals surface area contributed by atoms with Crippen molar-refractivity contribution in [2.45, 2.75) is 6.18 Å². The average Bonchev–Trinajstić information content (AvgIpc) is 2.43. The Hall–Kier alpha value is -2.34. The topological polar surface area (TPSA) is 64.9 Å². The molecule has 0 aliphatic rings. The molecule has 6 heteroatoms. The summed E-state index contributed by atoms with van der Waals surface area (Å²) in [5, 5.41) is 0.826. The lowest BCUT2D eigenvalue weighted by atomic mass is 10.0. The van der Waals surface area contributed by atoms with Crippen molar-refractivity contribution in [2.75, 3.05) is 12.3 Å². The average molecular weight is 293 g/mol. The first-order valence-electron chi connectivity index (χ1n) is 6.17. The van der Waals surface area contributed by atoms with Gasteiger partial charge in [-0.1, -0.05) is 24.8 Å². The Labute approximate surface area is 119 Å². The van der Waals surface area contributed by atoms with Gasteiger partial charge in [-0.3, -0.25) is 0 Å². The molecular formula is C15H14F3N3. The molecule has 3 nitrogen and oxygen atoms in total. The van der Waals surface area contributed by atoms with Crippen LogP contribution in [0.25, 0.3) is 22.4 Å². The monoisotopic (exact) mass is 293 g/mol. The van der Waals surface area contributed by atoms with E-state index < -0.39 is 11.7 Å². The fourth-order valence-electron chi connectivity index (χ4n) is 1.96. The molecule has 0 spiro atoms. The number of anilines is 1. The zero-order valence-electron chi connectivity index (χ0n) is 11.1. The molecule has 0 bridgehead atoms. The first kappa shape index (κ1) is 15.1. The van der Waals surface area contributed by atoms with Gasteiger partial charge in [-0.2, -0.15) is 13.2 Å². The molecule has 1 heterocycles. The summed E-state index contributed by atoms with van der Waals surface area (Å²) in [6.07, 6.45) is -1.40. The lowest BCUT2D eigenvalue weighted by Crippen LogP contribution is -2.11. The highest BCUT2D eigenvalue weighted by Gasteiger charge is 2.35. The van der Waals surface area contributed by atoms with Crippen LogP contribution in [-0.2, 0) is 0 Å². The number of nitrogens with two attached hydrogens (primary N) is 2. The molecule has 0 radical (unpaired) electrons. The maximum Gasteiger partial charge on any atom is 0.417 e. The van der Waals surface area contributed by atoms with Crippen LogP contribution in [0.15, 0.2) is 36.9 Å². The van der Waals surface area contributed by atoms with E-state index in [4.69, 9.17) is 11.5 Å². The summed E-state index contributed by atoms with van der Waals surface area (Å²) in [5.74, 6) is 0. The zero-order chi connectivity index (χ0) is 15.6. The fourth-order valence-corrected chi connectivity index (χ4v) is 1.96. The number of benzene rings is 1. The number of halogens is 3. The van der Waals surface area contributed by atoms with E-state index in [0.29, 0.717) is 22.2 Å². The third-order valence-corrected chi connectivity index (χ3v) is 2.98. The van der Waals surface area contributed by atoms with E-state index in [1.807, 2.05) is 0 Å². The lowest BCUT2D eigenvalue weighted by Gasteiger charge is -2.14. The van der Waals surface area contributed by atoms with E-state index in [1.54, 1.807) is 36.4 Å². The van der Waals surface area contributed by atoms with Crippen molar-refractivity contribution in [3.8, 4) is 0 Å². The van der Waals surface area contributed by atoms with Crippen molar-refractivity contribution < 1.29 is 13.2 Å². The third kappa shape index (κ3) is 3.05. The molecule has 0 aliphatic carbocycles. The molecule has 4 N–H and O–H groups in total. The van der Waals surface area contributed by atoms with E-state index in [1.165, 1.54) is 0 Å². The molecule has 0 saturated carbocycles. The van der Waals surface area contributed by atoms with Gasteiger partial charge in [0.15, 0.2) is 0 Å². The van der Waals surface area contributed by atoms with E-state index in [-0.39, 0.29) is 12.2 Å². The summed E-state index contributed by atoms with van der Waals surface area (Å²) in [6, 6.07) is 6.38. The number of hydrogen-bond donors (Lipinski definition) is 2. The molecule has 110 valence electrons. The maximum absolute atomic E-state index is 12.9. The smallest absolute Gasteiger partial charge is 0.398 e. The lowest BCUT2D eigenvalue weighted by molar-refractivity contribution is -0.0688. The van der Waals surface area contributed by atoms with Crippen molar-refractivity contribution in [3.63, 3.8) is 0 Å². The van der Waals surface area contributed by atoms with E-state index >= 15 is 0 Å². The highest BCUT2D eigenvalue weighted by atomic mass is 19.4. The van der Waals surface area contributed by atoms with Crippen LogP contribution in [0.3, 0.4) is 0 Å². The first-order chi connectivity index (χ1) is 9.84. The van der Waals surface area contributed by atoms with Crippen molar-refractivity contribution in [2.24, 2.45) is 5.73 Å². The molecule has 21 heavy (non-hydrogen) atoms. The number of allylic oxidation sites excluding steroid dienone is 1. The van der Waals surface area contributed by atoms with Crippen LogP contribution in [0.5, 0.6) is 0 Å². The Balaban J connectivity index is 2.75. The van der Waals surface area contributed by atoms with Gasteiger partial charge >= 0.3 is 6.18 Å². The summed E-state index contributed by atoms with van der Waals surface area (Å²) >= 11 is 0. The Kier molecular flexibility index (Phi) is 3.99. The molecule has 0 atom stereocenters. The van der Waals surface area contributed by atoms with Crippen molar-refractivity contribution in [1.29, 1.82) is 0 Å². The number of fused-ring (bicyclic) bond motifs is 1. The molecular weight excluding hydrogens is 279 g/mol. The number of aromatic nitrogens is 1. The van der Waals surface area contributed by atoms with Gasteiger partial charge in [0.25, 0.3) is 0 Å². The van der Waals surface area contributed by atoms with Gasteiger partial charge < -0.3 is 11.5 Å². The minimum atomic E-state index is -4.55. The van der Waals surface area contributed by atoms with E-state index in [2.05, 4.69) is 11.6 Å². The second kappa shape index (κ2) is 5.57. The first-order valence-corrected chi connectivity index (χ1v) is 6.17. The highest BCUT2D eigenvalue weighted by molar-refractivity contribution is 6.00. The van der Waals surface area contributed by atoms with Crippen LogP contribution < -0.4 is 11.5 Å². The Morgan fingerprint density at radius 3 is 2.62 bits per heavy atom. The van der Waals surface area contributed by atoms with Crippen LogP contribution in [0, 0.1) is 0 Å². The second-order valence-electron chi connectivity index (χ2n) is 4.45. The molecule has 2 aromatic rings. The van der Waals surface area contributed by atoms with Crippen molar-refractivity contribution in [3.05, 3.63) is 48.3 Å². The summed E-state index contributed by atoms with van der Waals surface area (Å²) in [4.78, 5) is 4.03. The normalized spacial score (nSPS) is 12.2. The van der Waals surface area contributed by atoms with Crippen LogP contribution in [0.4, 0.5) is 18.9 Å². The molecule has 0 fully saturated rings. The minimum absolute atomic E-state index is 0.219. The van der Waals surface area contributed by atoms with Gasteiger partial charge in [0.05, 0.1) is 17.0 Å². The molecule has 0 amide bonds. The van der Waals surface area contributed by atoms with Gasteiger partial charge in [0.2, 0.25) is 0 Å². The maximum atomic E-state index is 12.9. The number of hydrogen-bond acceptors (Lipinski definition) is 3. The molecule has 2 rings (SSSR count). The molecule has 1 aromatic heterocycles. The summed E-state index contributed by atoms with van der Waals surface area (Å²) in [5.41, 5.74) is 10.7. The van der Waals surface area contributed by atoms with Crippen LogP contribution in [0.1, 0.15) is 11.4 Å². The fraction of sp³-hybridized carbons (Fsp3) is 0.133. The third-order valence-electron chi connectivity index (χ3n) is 2.98. The minimum Gasteiger partial charge on any atom is -0.398 e. The van der Waals surface area contributed by atoms with Crippen LogP contribution in [-0.4, -0.2) is 17.7 Å². The van der Waals surface area contributed by atoms with E-state index in [9.17, 15) is 13.2 Å². The Morgan fingerprint density at radius 2 is 2.00 bits per heavy atom. The Morgan fingerprint density at radius 1 is 1.29 bits per heavy atom. The molecule has 1 aromatic carbocycles. The highest BCUT2D eigenvalue weighted by Crippen LogP contribution is 2.36. The molecule has 0 aliphatic heterocycles. The number of nitrogen functional groups attached to an aromatic ring is 1. The number of alkyl halides is 3. The predicted octanol–water partition coefficient (Wildman–Crippen LogP) is 3.36. The largest absolute Gasteiger partial charge is 0.417 e. The van der Waals surface area contributed by atoms with E-state index in [0.717, 1.165) is 0 Å². The van der Waals surface area contributed by atoms with Crippen molar-refractivity contribution in [1.82, 2.24) is 4.98 Å². The van der Waals surface area contributed by atoms with Gasteiger partial charge in [-0.15, -0.1) is 0 Å². The SMILES string of the molecule is C=C(c1nc(/C=C/CN)cc2c(N)cccc12)C(F)(F)F. The van der Waals surface area contributed by atoms with Crippen molar-refractivity contribution >= 4 is 28.1 Å².